The van der Waals surface area contributed by atoms with Crippen LogP contribution in [0.5, 0.6) is 0 Å². The molecule has 146 valence electrons. The number of aromatic nitrogens is 2. The van der Waals surface area contributed by atoms with Gasteiger partial charge in [-0.2, -0.15) is 0 Å². The largest absolute Gasteiger partial charge is 0.443 e. The average molecular weight is 405 g/mol. The maximum atomic E-state index is 13.9. The van der Waals surface area contributed by atoms with Gasteiger partial charge in [-0.15, -0.1) is 0 Å². The van der Waals surface area contributed by atoms with Crippen molar-refractivity contribution in [3.05, 3.63) is 70.4 Å². The fraction of sp³-hybridized carbons (Fsp3) is 0.211. The highest BCUT2D eigenvalue weighted by Crippen LogP contribution is 2.22. The SMILES string of the molecule is Cc1oc([C@H](C)NC(=O)c2cccn2C)nc1C(=O)Nc1ccc(Cl)cc1F. The molecule has 0 aliphatic carbocycles. The van der Waals surface area contributed by atoms with E-state index in [0.717, 1.165) is 6.07 Å². The van der Waals surface area contributed by atoms with Gasteiger partial charge in [0.1, 0.15) is 23.3 Å². The summed E-state index contributed by atoms with van der Waals surface area (Å²) in [4.78, 5) is 28.9. The van der Waals surface area contributed by atoms with Crippen molar-refractivity contribution in [1.29, 1.82) is 0 Å². The van der Waals surface area contributed by atoms with Gasteiger partial charge in [0.05, 0.1) is 5.69 Å². The number of hydrogen-bond donors (Lipinski definition) is 2. The number of benzene rings is 1. The summed E-state index contributed by atoms with van der Waals surface area (Å²) in [5.41, 5.74) is 0.457. The van der Waals surface area contributed by atoms with Crippen molar-refractivity contribution in [1.82, 2.24) is 14.9 Å². The quantitative estimate of drug-likeness (QED) is 0.675. The summed E-state index contributed by atoms with van der Waals surface area (Å²) in [6.45, 7) is 3.25. The number of anilines is 1. The molecule has 28 heavy (non-hydrogen) atoms. The maximum absolute atomic E-state index is 13.9. The fourth-order valence-corrected chi connectivity index (χ4v) is 2.77. The molecule has 7 nitrogen and oxygen atoms in total. The number of aryl methyl sites for hydroxylation is 2. The Morgan fingerprint density at radius 3 is 2.68 bits per heavy atom. The van der Waals surface area contributed by atoms with E-state index in [-0.39, 0.29) is 34.0 Å². The first-order chi connectivity index (χ1) is 13.3. The van der Waals surface area contributed by atoms with Gasteiger partial charge in [0, 0.05) is 18.3 Å². The molecule has 0 spiro atoms. The number of carbonyl (C=O) groups excluding carboxylic acids is 2. The van der Waals surface area contributed by atoms with E-state index in [9.17, 15) is 14.0 Å². The minimum absolute atomic E-state index is 0.00400. The summed E-state index contributed by atoms with van der Waals surface area (Å²) < 4.78 is 21.1. The maximum Gasteiger partial charge on any atom is 0.277 e. The summed E-state index contributed by atoms with van der Waals surface area (Å²) in [6, 6.07) is 6.78. The summed E-state index contributed by atoms with van der Waals surface area (Å²) in [5, 5.41) is 5.41. The number of hydrogen-bond acceptors (Lipinski definition) is 4. The van der Waals surface area contributed by atoms with Crippen LogP contribution in [0.25, 0.3) is 0 Å². The van der Waals surface area contributed by atoms with Gasteiger partial charge in [0.15, 0.2) is 5.69 Å². The van der Waals surface area contributed by atoms with Crippen LogP contribution in [-0.2, 0) is 7.05 Å². The highest BCUT2D eigenvalue weighted by molar-refractivity contribution is 6.30. The van der Waals surface area contributed by atoms with E-state index in [1.807, 2.05) is 0 Å². The Morgan fingerprint density at radius 2 is 2.04 bits per heavy atom. The molecule has 2 heterocycles. The molecule has 9 heteroatoms. The van der Waals surface area contributed by atoms with Gasteiger partial charge in [-0.05, 0) is 44.2 Å². The Labute approximate surface area is 165 Å². The highest BCUT2D eigenvalue weighted by atomic mass is 35.5. The van der Waals surface area contributed by atoms with Crippen LogP contribution in [0.1, 0.15) is 45.6 Å². The van der Waals surface area contributed by atoms with E-state index < -0.39 is 17.8 Å². The molecule has 2 aromatic heterocycles. The molecule has 2 N–H and O–H groups in total. The third-order valence-electron chi connectivity index (χ3n) is 4.10. The molecule has 3 aromatic rings. The van der Waals surface area contributed by atoms with Crippen LogP contribution in [0.15, 0.2) is 40.9 Å². The van der Waals surface area contributed by atoms with Crippen LogP contribution in [0.4, 0.5) is 10.1 Å². The minimum atomic E-state index is -0.662. The predicted octanol–water partition coefficient (Wildman–Crippen LogP) is 3.86. The predicted molar refractivity (Wildman–Crippen MR) is 102 cm³/mol. The lowest BCUT2D eigenvalue weighted by molar-refractivity contribution is 0.0925. The third-order valence-corrected chi connectivity index (χ3v) is 4.34. The first kappa shape index (κ1) is 19.6. The number of carbonyl (C=O) groups is 2. The Kier molecular flexibility index (Phi) is 5.51. The summed E-state index contributed by atoms with van der Waals surface area (Å²) in [5.74, 6) is -1.17. The second-order valence-corrected chi connectivity index (χ2v) is 6.67. The Hall–Kier alpha value is -3.13. The third kappa shape index (κ3) is 4.07. The number of rotatable bonds is 5. The van der Waals surface area contributed by atoms with E-state index in [1.54, 1.807) is 43.8 Å². The Morgan fingerprint density at radius 1 is 1.29 bits per heavy atom. The summed E-state index contributed by atoms with van der Waals surface area (Å²) in [7, 11) is 1.76. The second-order valence-electron chi connectivity index (χ2n) is 6.23. The highest BCUT2D eigenvalue weighted by Gasteiger charge is 2.23. The topological polar surface area (TPSA) is 89.2 Å². The van der Waals surface area contributed by atoms with Gasteiger partial charge in [-0.25, -0.2) is 9.37 Å². The molecule has 0 saturated carbocycles. The van der Waals surface area contributed by atoms with Crippen LogP contribution in [0.3, 0.4) is 0 Å². The van der Waals surface area contributed by atoms with Crippen molar-refractivity contribution in [3.8, 4) is 0 Å². The molecule has 1 atom stereocenters. The molecule has 1 aromatic carbocycles. The number of amides is 2. The van der Waals surface area contributed by atoms with Gasteiger partial charge in [-0.1, -0.05) is 11.6 Å². The van der Waals surface area contributed by atoms with Gasteiger partial charge in [0.2, 0.25) is 5.89 Å². The Balaban J connectivity index is 1.74. The van der Waals surface area contributed by atoms with Crippen molar-refractivity contribution >= 4 is 29.1 Å². The smallest absolute Gasteiger partial charge is 0.277 e. The zero-order valence-electron chi connectivity index (χ0n) is 15.4. The van der Waals surface area contributed by atoms with E-state index in [0.29, 0.717) is 5.69 Å². The van der Waals surface area contributed by atoms with Gasteiger partial charge in [0.25, 0.3) is 11.8 Å². The molecule has 0 aliphatic heterocycles. The number of halogens is 2. The van der Waals surface area contributed by atoms with Gasteiger partial charge in [-0.3, -0.25) is 9.59 Å². The standard InChI is InChI=1S/C19H18ClFN4O3/c1-10(22-17(26)15-5-4-8-25(15)3)19-24-16(11(2)28-19)18(27)23-14-7-6-12(20)9-13(14)21/h4-10H,1-3H3,(H,22,26)(H,23,27)/t10-/m0/s1. The van der Waals surface area contributed by atoms with Crippen LogP contribution < -0.4 is 10.6 Å². The van der Waals surface area contributed by atoms with Gasteiger partial charge >= 0.3 is 0 Å². The normalized spacial score (nSPS) is 11.9. The first-order valence-corrected chi connectivity index (χ1v) is 8.80. The van der Waals surface area contributed by atoms with Crippen molar-refractivity contribution in [2.24, 2.45) is 7.05 Å². The monoisotopic (exact) mass is 404 g/mol. The van der Waals surface area contributed by atoms with Crippen LogP contribution in [0, 0.1) is 12.7 Å². The lowest BCUT2D eigenvalue weighted by Gasteiger charge is -2.10. The molecule has 0 fully saturated rings. The lowest BCUT2D eigenvalue weighted by atomic mass is 10.2. The van der Waals surface area contributed by atoms with E-state index in [4.69, 9.17) is 16.0 Å². The number of nitrogens with one attached hydrogen (secondary N) is 2. The average Bonchev–Trinajstić information content (AvgIpc) is 3.23. The zero-order valence-corrected chi connectivity index (χ0v) is 16.2. The second kappa shape index (κ2) is 7.85. The van der Waals surface area contributed by atoms with Crippen molar-refractivity contribution < 1.29 is 18.4 Å². The molecule has 0 aliphatic rings. The molecule has 0 radical (unpaired) electrons. The molecule has 2 amide bonds. The molecular formula is C19H18ClFN4O3. The van der Waals surface area contributed by atoms with Crippen LogP contribution >= 0.6 is 11.6 Å². The van der Waals surface area contributed by atoms with Crippen LogP contribution in [0.2, 0.25) is 5.02 Å². The molecule has 0 saturated heterocycles. The van der Waals surface area contributed by atoms with E-state index in [1.165, 1.54) is 12.1 Å². The molecule has 0 bridgehead atoms. The lowest BCUT2D eigenvalue weighted by Crippen LogP contribution is -2.28. The number of nitrogens with zero attached hydrogens (tertiary/aromatic N) is 2. The molecule has 0 unspecified atom stereocenters. The van der Waals surface area contributed by atoms with E-state index in [2.05, 4.69) is 15.6 Å². The summed E-state index contributed by atoms with van der Waals surface area (Å²) in [6.07, 6.45) is 1.76. The van der Waals surface area contributed by atoms with Gasteiger partial charge < -0.3 is 19.6 Å². The van der Waals surface area contributed by atoms with Crippen molar-refractivity contribution in [2.45, 2.75) is 19.9 Å². The molecule has 3 rings (SSSR count). The number of oxazole rings is 1. The van der Waals surface area contributed by atoms with E-state index >= 15 is 0 Å². The zero-order chi connectivity index (χ0) is 20.4. The minimum Gasteiger partial charge on any atom is -0.443 e. The molecular weight excluding hydrogens is 387 g/mol. The summed E-state index contributed by atoms with van der Waals surface area (Å²) >= 11 is 5.71. The Bertz CT molecular complexity index is 1040. The van der Waals surface area contributed by atoms with Crippen molar-refractivity contribution in [3.63, 3.8) is 0 Å². The fourth-order valence-electron chi connectivity index (χ4n) is 2.61. The van der Waals surface area contributed by atoms with Crippen molar-refractivity contribution in [2.75, 3.05) is 5.32 Å². The van der Waals surface area contributed by atoms with Crippen LogP contribution in [-0.4, -0.2) is 21.4 Å². The first-order valence-electron chi connectivity index (χ1n) is 8.42.